The molecule has 3 aromatic carbocycles. The van der Waals surface area contributed by atoms with E-state index in [0.717, 1.165) is 35.5 Å². The summed E-state index contributed by atoms with van der Waals surface area (Å²) in [6.07, 6.45) is 3.10. The second kappa shape index (κ2) is 23.0. The van der Waals surface area contributed by atoms with Crippen molar-refractivity contribution in [3.63, 3.8) is 0 Å². The fourth-order valence-corrected chi connectivity index (χ4v) is 7.49. The van der Waals surface area contributed by atoms with Gasteiger partial charge in [0.15, 0.2) is 5.82 Å². The number of nitriles is 1. The topological polar surface area (TPSA) is 277 Å². The first-order valence-corrected chi connectivity index (χ1v) is 21.6. The number of aromatic hydroxyl groups is 1. The Morgan fingerprint density at radius 3 is 2.32 bits per heavy atom. The van der Waals surface area contributed by atoms with Crippen molar-refractivity contribution in [1.82, 2.24) is 36.1 Å². The van der Waals surface area contributed by atoms with Gasteiger partial charge in [-0.3, -0.25) is 24.0 Å². The summed E-state index contributed by atoms with van der Waals surface area (Å²) >= 11 is 0. The number of nitrogens with zero attached hydrogens (tertiary/aromatic N) is 4. The van der Waals surface area contributed by atoms with Gasteiger partial charge in [0.2, 0.25) is 23.6 Å². The van der Waals surface area contributed by atoms with E-state index in [9.17, 15) is 29.1 Å². The summed E-state index contributed by atoms with van der Waals surface area (Å²) in [6.45, 7) is 7.48. The highest BCUT2D eigenvalue weighted by Gasteiger charge is 2.36. The lowest BCUT2D eigenvalue weighted by molar-refractivity contribution is -0.141. The Labute approximate surface area is 378 Å². The quantitative estimate of drug-likeness (QED) is 0.0594. The van der Waals surface area contributed by atoms with Crippen molar-refractivity contribution in [3.05, 3.63) is 88.7 Å². The molecule has 0 fully saturated rings. The molecule has 4 bridgehead atoms. The zero-order valence-electron chi connectivity index (χ0n) is 37.4. The van der Waals surface area contributed by atoms with Crippen LogP contribution in [0.2, 0.25) is 0 Å². The zero-order valence-corrected chi connectivity index (χ0v) is 37.4. The highest BCUT2D eigenvalue weighted by molar-refractivity contribution is 6.00. The van der Waals surface area contributed by atoms with E-state index >= 15 is 0 Å². The number of unbranched alkanes of at least 4 members (excludes halogenated alkanes) is 2. The minimum absolute atomic E-state index is 0.0152. The molecule has 4 atom stereocenters. The lowest BCUT2D eigenvalue weighted by atomic mass is 9.93. The minimum Gasteiger partial charge on any atom is -0.507 e. The molecule has 0 radical (unpaired) electrons. The van der Waals surface area contributed by atoms with Gasteiger partial charge in [-0.15, -0.1) is 0 Å². The summed E-state index contributed by atoms with van der Waals surface area (Å²) in [5, 5.41) is 31.0. The van der Waals surface area contributed by atoms with Crippen LogP contribution in [0.4, 0.5) is 0 Å². The number of hydrogen-bond acceptors (Lipinski definition) is 13. The minimum atomic E-state index is -1.44. The number of fused-ring (bicyclic) bond motifs is 5. The second-order valence-corrected chi connectivity index (χ2v) is 15.7. The Bertz CT molecular complexity index is 2380. The third kappa shape index (κ3) is 12.3. The number of carbonyl (C=O) groups excluding carboxylic acids is 5. The van der Waals surface area contributed by atoms with Crippen LogP contribution in [-0.2, 0) is 25.6 Å². The number of nitrogens with two attached hydrogens (primary N) is 2. The van der Waals surface area contributed by atoms with E-state index in [2.05, 4.69) is 38.2 Å². The van der Waals surface area contributed by atoms with Crippen LogP contribution in [0.1, 0.15) is 78.4 Å². The van der Waals surface area contributed by atoms with Crippen molar-refractivity contribution in [2.75, 3.05) is 39.9 Å². The Balaban J connectivity index is 1.48. The molecule has 4 aromatic rings. The summed E-state index contributed by atoms with van der Waals surface area (Å²) in [6, 6.07) is 13.5. The van der Waals surface area contributed by atoms with Crippen LogP contribution >= 0.6 is 0 Å². The third-order valence-corrected chi connectivity index (χ3v) is 10.9. The average molecular weight is 891 g/mol. The second-order valence-electron chi connectivity index (χ2n) is 15.7. The monoisotopic (exact) mass is 890 g/mol. The number of carbonyl (C=O) groups is 5. The Hall–Kier alpha value is -7.10. The van der Waals surface area contributed by atoms with Crippen LogP contribution in [0.5, 0.6) is 17.2 Å². The Kier molecular flexibility index (Phi) is 17.3. The van der Waals surface area contributed by atoms with Crippen LogP contribution in [-0.4, -0.2) is 108 Å². The highest BCUT2D eigenvalue weighted by atomic mass is 16.5. The van der Waals surface area contributed by atoms with Crippen LogP contribution in [0.3, 0.4) is 0 Å². The largest absolute Gasteiger partial charge is 0.507 e. The molecule has 9 N–H and O–H groups in total. The summed E-state index contributed by atoms with van der Waals surface area (Å²) < 4.78 is 11.8. The van der Waals surface area contributed by atoms with Gasteiger partial charge in [0.25, 0.3) is 5.91 Å². The molecule has 5 amide bonds. The summed E-state index contributed by atoms with van der Waals surface area (Å²) in [5.41, 5.74) is 14.8. The lowest BCUT2D eigenvalue weighted by Gasteiger charge is -2.32. The third-order valence-electron chi connectivity index (χ3n) is 10.9. The number of nitrogens with one attached hydrogen (secondary N) is 4. The first kappa shape index (κ1) is 48.9. The lowest BCUT2D eigenvalue weighted by Crippen LogP contribution is -2.56. The van der Waals surface area contributed by atoms with Gasteiger partial charge in [0, 0.05) is 36.7 Å². The average Bonchev–Trinajstić information content (AvgIpc) is 3.28. The standard InChI is InChI=1S/C47H58N10O8/c1-6-7-8-22-64-33-13-10-31(11-14-33)42-52-27(2)40(28(3)53-42)45(61)55-36(17-18-48)47(63)57(5)41-32-12-15-38(58)34(26-32)35-24-30(9-16-39(35)65-23-20-50)25-37(44(60)51-21-19-49)56-43(59)29(4)54-46(41)62/h9-16,24,26,29,36-37,41,58H,6-8,17-18,20-23,25,48,50H2,1-5H3,(H,51,60)(H,54,62)(H,55,61)(H,56,59)/t29-,36?,37-,41-/m0/s1. The normalized spacial score (nSPS) is 16.4. The number of rotatable bonds is 17. The number of likely N-dealkylation sites (N-methyl/N-ethyl adjacent to an activating group) is 1. The molecule has 0 aliphatic carbocycles. The molecule has 5 rings (SSSR count). The van der Waals surface area contributed by atoms with Gasteiger partial charge in [0.05, 0.1) is 29.6 Å². The molecule has 1 unspecified atom stereocenters. The fourth-order valence-electron chi connectivity index (χ4n) is 7.49. The van der Waals surface area contributed by atoms with Gasteiger partial charge in [-0.25, -0.2) is 9.97 Å². The van der Waals surface area contributed by atoms with E-state index in [-0.39, 0.29) is 61.5 Å². The molecule has 65 heavy (non-hydrogen) atoms. The first-order chi connectivity index (χ1) is 31.2. The highest BCUT2D eigenvalue weighted by Crippen LogP contribution is 2.39. The SMILES string of the molecule is CCCCCOc1ccc(-c2nc(C)c(C(=O)NC(CCN)C(=O)N(C)[C@@H]3C(=O)N[C@@H](C)C(=O)N[C@H](C(=O)NCC#N)Cc4ccc(OCCN)c(c4)-c4cc3ccc4O)c(C)n2)cc1. The van der Waals surface area contributed by atoms with Crippen molar-refractivity contribution < 1.29 is 38.6 Å². The number of amides is 5. The summed E-state index contributed by atoms with van der Waals surface area (Å²) in [7, 11) is 1.38. The molecule has 344 valence electrons. The molecule has 1 aliphatic rings. The number of benzene rings is 3. The van der Waals surface area contributed by atoms with E-state index in [4.69, 9.17) is 26.2 Å². The predicted octanol–water partition coefficient (Wildman–Crippen LogP) is 2.87. The van der Waals surface area contributed by atoms with Crippen LogP contribution in [0.25, 0.3) is 22.5 Å². The molecule has 0 spiro atoms. The van der Waals surface area contributed by atoms with E-state index in [1.165, 1.54) is 32.2 Å². The molecule has 1 aromatic heterocycles. The van der Waals surface area contributed by atoms with Gasteiger partial charge in [-0.1, -0.05) is 31.9 Å². The first-order valence-electron chi connectivity index (χ1n) is 21.6. The van der Waals surface area contributed by atoms with Crippen LogP contribution in [0, 0.1) is 25.2 Å². The van der Waals surface area contributed by atoms with Crippen molar-refractivity contribution in [2.45, 2.75) is 84.0 Å². The number of phenolic OH excluding ortho intramolecular Hbond substituents is 1. The molecule has 18 heteroatoms. The number of aromatic nitrogens is 2. The van der Waals surface area contributed by atoms with E-state index < -0.39 is 53.7 Å². The van der Waals surface area contributed by atoms with Gasteiger partial charge >= 0.3 is 0 Å². The van der Waals surface area contributed by atoms with Crippen molar-refractivity contribution >= 4 is 29.5 Å². The molecule has 18 nitrogen and oxygen atoms in total. The van der Waals surface area contributed by atoms with E-state index in [1.807, 2.05) is 30.3 Å². The van der Waals surface area contributed by atoms with Crippen molar-refractivity contribution in [2.24, 2.45) is 11.5 Å². The van der Waals surface area contributed by atoms with Crippen LogP contribution in [0.15, 0.2) is 60.7 Å². The number of hydrogen-bond donors (Lipinski definition) is 7. The van der Waals surface area contributed by atoms with E-state index in [1.54, 1.807) is 32.0 Å². The summed E-state index contributed by atoms with van der Waals surface area (Å²) in [4.78, 5) is 80.3. The molecular weight excluding hydrogens is 833 g/mol. The maximum Gasteiger partial charge on any atom is 0.255 e. The van der Waals surface area contributed by atoms with Gasteiger partial charge < -0.3 is 52.2 Å². The van der Waals surface area contributed by atoms with Gasteiger partial charge in [-0.2, -0.15) is 5.26 Å². The summed E-state index contributed by atoms with van der Waals surface area (Å²) in [5.74, 6) is -2.21. The van der Waals surface area contributed by atoms with Crippen molar-refractivity contribution in [3.8, 4) is 45.8 Å². The maximum atomic E-state index is 14.6. The van der Waals surface area contributed by atoms with Crippen LogP contribution < -0.4 is 42.2 Å². The number of phenols is 1. The molecule has 0 saturated heterocycles. The van der Waals surface area contributed by atoms with E-state index in [0.29, 0.717) is 40.7 Å². The Morgan fingerprint density at radius 2 is 1.66 bits per heavy atom. The van der Waals surface area contributed by atoms with Gasteiger partial charge in [0.1, 0.15) is 54.6 Å². The molecule has 1 aliphatic heterocycles. The molecular formula is C47H58N10O8. The van der Waals surface area contributed by atoms with Crippen molar-refractivity contribution in [1.29, 1.82) is 5.26 Å². The molecule has 0 saturated carbocycles. The predicted molar refractivity (Wildman–Crippen MR) is 242 cm³/mol. The number of aryl methyl sites for hydroxylation is 2. The molecule has 2 heterocycles. The maximum absolute atomic E-state index is 14.6. The Morgan fingerprint density at radius 1 is 0.938 bits per heavy atom. The zero-order chi connectivity index (χ0) is 47.2. The van der Waals surface area contributed by atoms with Gasteiger partial charge in [-0.05, 0) is 99.8 Å². The number of ether oxygens (including phenoxy) is 2. The fraction of sp³-hybridized carbons (Fsp3) is 0.404. The smallest absolute Gasteiger partial charge is 0.255 e.